The summed E-state index contributed by atoms with van der Waals surface area (Å²) >= 11 is 0. The van der Waals surface area contributed by atoms with Gasteiger partial charge < -0.3 is 24.3 Å². The van der Waals surface area contributed by atoms with Gasteiger partial charge in [-0.05, 0) is 45.2 Å². The van der Waals surface area contributed by atoms with Crippen LogP contribution in [0.2, 0.25) is 0 Å². The molecule has 1 saturated carbocycles. The summed E-state index contributed by atoms with van der Waals surface area (Å²) in [5, 5.41) is 14.0. The van der Waals surface area contributed by atoms with Gasteiger partial charge in [-0.1, -0.05) is 0 Å². The number of ether oxygens (including phenoxy) is 4. The zero-order chi connectivity index (χ0) is 20.7. The summed E-state index contributed by atoms with van der Waals surface area (Å²) < 4.78 is 21.5. The van der Waals surface area contributed by atoms with E-state index in [1.807, 2.05) is 0 Å². The third-order valence-electron chi connectivity index (χ3n) is 4.10. The van der Waals surface area contributed by atoms with Gasteiger partial charge in [-0.2, -0.15) is 0 Å². The summed E-state index contributed by atoms with van der Waals surface area (Å²) in [6.07, 6.45) is 0.955. The number of benzene rings is 1. The monoisotopic (exact) mass is 396 g/mol. The molecule has 0 heterocycles. The van der Waals surface area contributed by atoms with Crippen molar-refractivity contribution in [1.29, 1.82) is 0 Å². The highest BCUT2D eigenvalue weighted by Gasteiger charge is 2.34. The maximum absolute atomic E-state index is 11.9. The lowest BCUT2D eigenvalue weighted by Crippen LogP contribution is -2.52. The Hall–Kier alpha value is -2.39. The SMILES string of the molecule is COCCOc1cc(CO[C@@H]2CC[C@H]2NC(=O)OC(C)(C)C)cc([N+](=O)[O-])c1. The van der Waals surface area contributed by atoms with Gasteiger partial charge >= 0.3 is 6.09 Å². The van der Waals surface area contributed by atoms with E-state index >= 15 is 0 Å². The molecule has 0 spiro atoms. The number of carbonyl (C=O) groups is 1. The molecule has 1 N–H and O–H groups in total. The lowest BCUT2D eigenvalue weighted by atomic mass is 9.89. The van der Waals surface area contributed by atoms with E-state index in [2.05, 4.69) is 5.32 Å². The quantitative estimate of drug-likeness (QED) is 0.388. The number of hydrogen-bond donors (Lipinski definition) is 1. The van der Waals surface area contributed by atoms with Crippen LogP contribution in [0, 0.1) is 10.1 Å². The second kappa shape index (κ2) is 9.70. The zero-order valence-corrected chi connectivity index (χ0v) is 16.7. The maximum Gasteiger partial charge on any atom is 0.407 e. The van der Waals surface area contributed by atoms with Crippen molar-refractivity contribution in [2.75, 3.05) is 20.3 Å². The summed E-state index contributed by atoms with van der Waals surface area (Å²) in [5.41, 5.74) is 0.00178. The Bertz CT molecular complexity index is 687. The zero-order valence-electron chi connectivity index (χ0n) is 16.7. The van der Waals surface area contributed by atoms with Crippen molar-refractivity contribution in [2.45, 2.75) is 58.0 Å². The Morgan fingerprint density at radius 1 is 1.25 bits per heavy atom. The van der Waals surface area contributed by atoms with E-state index in [9.17, 15) is 14.9 Å². The second-order valence-electron chi connectivity index (χ2n) is 7.61. The third-order valence-corrected chi connectivity index (χ3v) is 4.10. The smallest absolute Gasteiger partial charge is 0.407 e. The van der Waals surface area contributed by atoms with Crippen molar-refractivity contribution < 1.29 is 28.7 Å². The summed E-state index contributed by atoms with van der Waals surface area (Å²) in [7, 11) is 1.55. The summed E-state index contributed by atoms with van der Waals surface area (Å²) in [6.45, 7) is 6.26. The van der Waals surface area contributed by atoms with E-state index in [0.717, 1.165) is 12.8 Å². The number of nitro groups is 1. The van der Waals surface area contributed by atoms with Crippen LogP contribution < -0.4 is 10.1 Å². The van der Waals surface area contributed by atoms with E-state index in [1.54, 1.807) is 33.9 Å². The van der Waals surface area contributed by atoms with Gasteiger partial charge in [0.05, 0.1) is 36.3 Å². The number of methoxy groups -OCH3 is 1. The lowest BCUT2D eigenvalue weighted by molar-refractivity contribution is -0.385. The van der Waals surface area contributed by atoms with Crippen LogP contribution in [0.3, 0.4) is 0 Å². The molecule has 0 saturated heterocycles. The van der Waals surface area contributed by atoms with E-state index in [0.29, 0.717) is 24.5 Å². The fourth-order valence-electron chi connectivity index (χ4n) is 2.65. The number of alkyl carbamates (subject to hydrolysis) is 1. The largest absolute Gasteiger partial charge is 0.491 e. The number of hydrogen-bond acceptors (Lipinski definition) is 7. The van der Waals surface area contributed by atoms with Crippen LogP contribution in [0.15, 0.2) is 18.2 Å². The number of nitro benzene ring substituents is 1. The first-order chi connectivity index (χ1) is 13.2. The lowest BCUT2D eigenvalue weighted by Gasteiger charge is -2.37. The van der Waals surface area contributed by atoms with E-state index in [4.69, 9.17) is 18.9 Å². The van der Waals surface area contributed by atoms with Gasteiger partial charge in [-0.15, -0.1) is 0 Å². The molecule has 9 heteroatoms. The topological polar surface area (TPSA) is 109 Å². The predicted molar refractivity (Wildman–Crippen MR) is 101 cm³/mol. The molecule has 1 aromatic rings. The van der Waals surface area contributed by atoms with Crippen molar-refractivity contribution in [2.24, 2.45) is 0 Å². The van der Waals surface area contributed by atoms with Crippen LogP contribution in [0.4, 0.5) is 10.5 Å². The van der Waals surface area contributed by atoms with Crippen molar-refractivity contribution in [1.82, 2.24) is 5.32 Å². The second-order valence-corrected chi connectivity index (χ2v) is 7.61. The van der Waals surface area contributed by atoms with Gasteiger partial charge in [0.1, 0.15) is 18.0 Å². The molecule has 0 bridgehead atoms. The number of nitrogens with zero attached hydrogens (tertiary/aromatic N) is 1. The Kier molecular flexibility index (Phi) is 7.59. The molecule has 0 radical (unpaired) electrons. The molecule has 0 aromatic heterocycles. The molecule has 2 atom stereocenters. The molecule has 1 aliphatic rings. The number of carbonyl (C=O) groups excluding carboxylic acids is 1. The van der Waals surface area contributed by atoms with Crippen LogP contribution in [-0.2, 0) is 20.8 Å². The highest BCUT2D eigenvalue weighted by atomic mass is 16.6. The van der Waals surface area contributed by atoms with Crippen molar-refractivity contribution in [3.05, 3.63) is 33.9 Å². The molecule has 28 heavy (non-hydrogen) atoms. The number of amides is 1. The van der Waals surface area contributed by atoms with Crippen molar-refractivity contribution in [3.8, 4) is 5.75 Å². The van der Waals surface area contributed by atoms with E-state index < -0.39 is 16.6 Å². The van der Waals surface area contributed by atoms with Crippen LogP contribution in [0.25, 0.3) is 0 Å². The summed E-state index contributed by atoms with van der Waals surface area (Å²) in [4.78, 5) is 22.6. The van der Waals surface area contributed by atoms with E-state index in [-0.39, 0.29) is 24.4 Å². The molecule has 1 fully saturated rings. The van der Waals surface area contributed by atoms with Gasteiger partial charge in [0.25, 0.3) is 5.69 Å². The molecule has 0 unspecified atom stereocenters. The molecule has 1 aliphatic carbocycles. The fraction of sp³-hybridized carbons (Fsp3) is 0.632. The fourth-order valence-corrected chi connectivity index (χ4v) is 2.65. The third kappa shape index (κ3) is 6.97. The maximum atomic E-state index is 11.9. The molecule has 1 amide bonds. The minimum atomic E-state index is -0.563. The van der Waals surface area contributed by atoms with Gasteiger partial charge in [0, 0.05) is 13.2 Å². The van der Waals surface area contributed by atoms with Gasteiger partial charge in [-0.25, -0.2) is 4.79 Å². The minimum Gasteiger partial charge on any atom is -0.491 e. The molecular formula is C19H28N2O7. The normalized spacial score (nSPS) is 18.9. The number of nitrogens with one attached hydrogen (secondary N) is 1. The van der Waals surface area contributed by atoms with Crippen molar-refractivity contribution >= 4 is 11.8 Å². The highest BCUT2D eigenvalue weighted by molar-refractivity contribution is 5.68. The molecule has 1 aromatic carbocycles. The Balaban J connectivity index is 1.92. The first kappa shape index (κ1) is 21.9. The molecule has 2 rings (SSSR count). The molecular weight excluding hydrogens is 368 g/mol. The van der Waals surface area contributed by atoms with E-state index in [1.165, 1.54) is 12.1 Å². The van der Waals surface area contributed by atoms with Crippen LogP contribution in [0.1, 0.15) is 39.2 Å². The van der Waals surface area contributed by atoms with Crippen molar-refractivity contribution in [3.63, 3.8) is 0 Å². The minimum absolute atomic E-state index is 0.0643. The molecule has 0 aliphatic heterocycles. The van der Waals surface area contributed by atoms with Gasteiger partial charge in [-0.3, -0.25) is 10.1 Å². The number of non-ortho nitro benzene ring substituents is 1. The first-order valence-electron chi connectivity index (χ1n) is 9.19. The Labute approximate surface area is 164 Å². The summed E-state index contributed by atoms with van der Waals surface area (Å²) in [6, 6.07) is 4.40. The highest BCUT2D eigenvalue weighted by Crippen LogP contribution is 2.27. The van der Waals surface area contributed by atoms with Crippen LogP contribution >= 0.6 is 0 Å². The standard InChI is InChI=1S/C19H28N2O7/c1-19(2,3)28-18(22)20-16-5-6-17(16)27-12-13-9-14(21(23)24)11-15(10-13)26-8-7-25-4/h9-11,16-17H,5-8,12H2,1-4H3,(H,20,22)/t16-,17-/m1/s1. The predicted octanol–water partition coefficient (Wildman–Crippen LogP) is 3.19. The average Bonchev–Trinajstić information content (AvgIpc) is 2.57. The summed E-state index contributed by atoms with van der Waals surface area (Å²) in [5.74, 6) is 0.391. The Morgan fingerprint density at radius 3 is 2.57 bits per heavy atom. The van der Waals surface area contributed by atoms with Crippen LogP contribution in [0.5, 0.6) is 5.75 Å². The molecule has 9 nitrogen and oxygen atoms in total. The Morgan fingerprint density at radius 2 is 2.00 bits per heavy atom. The average molecular weight is 396 g/mol. The van der Waals surface area contributed by atoms with Gasteiger partial charge in [0.15, 0.2) is 0 Å². The van der Waals surface area contributed by atoms with Crippen LogP contribution in [-0.4, -0.2) is 49.1 Å². The van der Waals surface area contributed by atoms with Gasteiger partial charge in [0.2, 0.25) is 0 Å². The molecule has 156 valence electrons. The number of rotatable bonds is 9. The first-order valence-corrected chi connectivity index (χ1v) is 9.19.